The van der Waals surface area contributed by atoms with Crippen LogP contribution in [0.4, 0.5) is 4.39 Å². The van der Waals surface area contributed by atoms with E-state index in [2.05, 4.69) is 5.32 Å². The number of amides is 3. The van der Waals surface area contributed by atoms with E-state index < -0.39 is 58.6 Å². The van der Waals surface area contributed by atoms with E-state index >= 15 is 4.39 Å². The lowest BCUT2D eigenvalue weighted by atomic mass is 9.92. The molecule has 2 saturated heterocycles. The molecule has 3 fully saturated rings. The Bertz CT molecular complexity index is 1690. The average Bonchev–Trinajstić information content (AvgIpc) is 3.41. The van der Waals surface area contributed by atoms with E-state index in [0.29, 0.717) is 18.4 Å². The third-order valence-corrected chi connectivity index (χ3v) is 10.5. The first-order valence-corrected chi connectivity index (χ1v) is 17.7. The Hall–Kier alpha value is -4.54. The first-order chi connectivity index (χ1) is 23.8. The number of carbonyl (C=O) groups is 5. The van der Waals surface area contributed by atoms with Crippen LogP contribution in [-0.4, -0.2) is 81.4 Å². The van der Waals surface area contributed by atoms with E-state index in [9.17, 15) is 29.1 Å². The molecule has 1 aliphatic carbocycles. The Morgan fingerprint density at radius 1 is 1.00 bits per heavy atom. The van der Waals surface area contributed by atoms with Gasteiger partial charge in [0.25, 0.3) is 5.91 Å². The van der Waals surface area contributed by atoms with Crippen LogP contribution in [-0.2, 0) is 23.9 Å². The van der Waals surface area contributed by atoms with Crippen molar-refractivity contribution in [3.8, 4) is 11.1 Å². The van der Waals surface area contributed by atoms with Gasteiger partial charge in [-0.1, -0.05) is 61.4 Å². The first-order valence-electron chi connectivity index (χ1n) is 17.7. The fourth-order valence-corrected chi connectivity index (χ4v) is 7.92. The summed E-state index contributed by atoms with van der Waals surface area (Å²) in [5, 5.41) is 13.0. The van der Waals surface area contributed by atoms with Crippen LogP contribution in [0.5, 0.6) is 0 Å². The maximum atomic E-state index is 15.2. The predicted octanol–water partition coefficient (Wildman–Crippen LogP) is 5.22. The Kier molecular flexibility index (Phi) is 9.88. The minimum absolute atomic E-state index is 0.0827. The number of carboxylic acids is 1. The largest absolute Gasteiger partial charge is 0.479 e. The van der Waals surface area contributed by atoms with Crippen LogP contribution >= 0.6 is 0 Å². The van der Waals surface area contributed by atoms with E-state index in [-0.39, 0.29) is 55.8 Å². The summed E-state index contributed by atoms with van der Waals surface area (Å²) in [6, 6.07) is 12.7. The molecule has 2 N–H and O–H groups in total. The van der Waals surface area contributed by atoms with Gasteiger partial charge in [-0.25, -0.2) is 9.18 Å². The third-order valence-electron chi connectivity index (χ3n) is 10.5. The predicted molar refractivity (Wildman–Crippen MR) is 183 cm³/mol. The molecule has 0 bridgehead atoms. The molecule has 10 nitrogen and oxygen atoms in total. The normalized spacial score (nSPS) is 29.1. The van der Waals surface area contributed by atoms with Crippen molar-refractivity contribution in [1.29, 1.82) is 0 Å². The molecular weight excluding hydrogens is 641 g/mol. The highest BCUT2D eigenvalue weighted by Crippen LogP contribution is 2.46. The van der Waals surface area contributed by atoms with Gasteiger partial charge < -0.3 is 25.0 Å². The number of ether oxygens (including phenoxy) is 1. The van der Waals surface area contributed by atoms with Crippen LogP contribution in [0.2, 0.25) is 0 Å². The lowest BCUT2D eigenvalue weighted by molar-refractivity contribution is -0.159. The zero-order valence-corrected chi connectivity index (χ0v) is 28.9. The van der Waals surface area contributed by atoms with Crippen LogP contribution in [0, 0.1) is 29.5 Å². The molecule has 266 valence electrons. The van der Waals surface area contributed by atoms with Crippen molar-refractivity contribution in [2.75, 3.05) is 19.6 Å². The van der Waals surface area contributed by atoms with Crippen molar-refractivity contribution in [3.05, 3.63) is 72.1 Å². The maximum Gasteiger partial charge on any atom is 0.330 e. The van der Waals surface area contributed by atoms with Gasteiger partial charge in [-0.2, -0.15) is 0 Å². The number of aliphatic carboxylic acids is 1. The number of nitrogens with zero attached hydrogens (tertiary/aromatic N) is 2. The van der Waals surface area contributed by atoms with Crippen molar-refractivity contribution < 1.29 is 38.2 Å². The number of esters is 1. The minimum atomic E-state index is -1.48. The molecule has 3 aliphatic heterocycles. The standard InChI is InChI=1S/C39H46FN3O7/c1-38(2,3)50-32(44)19-26-14-8-5-4-6-11-15-28-20-39(28,37(48)49)41-34(45)33-30-23-42(21-27(30)22-43(33)35(26)46)36(47)29-18-25(16-17-31(29)40)24-12-9-7-10-13-24/h7,9-13,15-18,26-28,30,33H,4-6,8,14,19-23H2,1-3H3,(H,41,45)(H,48,49)/b15-11-/t26-,27-,28+,30-,33-,39+/m0/s1. The average molecular weight is 688 g/mol. The monoisotopic (exact) mass is 687 g/mol. The van der Waals surface area contributed by atoms with Gasteiger partial charge in [-0.05, 0) is 69.7 Å². The lowest BCUT2D eigenvalue weighted by Crippen LogP contribution is -2.56. The van der Waals surface area contributed by atoms with Crippen LogP contribution < -0.4 is 5.32 Å². The number of benzene rings is 2. The zero-order chi connectivity index (χ0) is 35.8. The Labute approximate surface area is 292 Å². The number of carbonyl (C=O) groups excluding carboxylic acids is 4. The molecule has 2 aromatic rings. The summed E-state index contributed by atoms with van der Waals surface area (Å²) < 4.78 is 20.7. The van der Waals surface area contributed by atoms with Crippen LogP contribution in [0.1, 0.15) is 76.1 Å². The van der Waals surface area contributed by atoms with E-state index in [1.807, 2.05) is 42.5 Å². The molecule has 0 unspecified atom stereocenters. The van der Waals surface area contributed by atoms with Gasteiger partial charge >= 0.3 is 11.9 Å². The molecule has 1 saturated carbocycles. The fraction of sp³-hybridized carbons (Fsp3) is 0.513. The Morgan fingerprint density at radius 3 is 2.48 bits per heavy atom. The van der Waals surface area contributed by atoms with Gasteiger partial charge in [-0.15, -0.1) is 0 Å². The van der Waals surface area contributed by atoms with E-state index in [0.717, 1.165) is 24.8 Å². The summed E-state index contributed by atoms with van der Waals surface area (Å²) >= 11 is 0. The van der Waals surface area contributed by atoms with Crippen molar-refractivity contribution in [2.45, 2.75) is 82.9 Å². The molecule has 6 atom stereocenters. The maximum absolute atomic E-state index is 15.2. The Balaban J connectivity index is 1.29. The molecule has 11 heteroatoms. The molecule has 0 spiro atoms. The molecule has 3 amide bonds. The van der Waals surface area contributed by atoms with Gasteiger partial charge in [0.2, 0.25) is 11.8 Å². The van der Waals surface area contributed by atoms with Crippen LogP contribution in [0.25, 0.3) is 11.1 Å². The number of carboxylic acid groups (broad SMARTS) is 1. The van der Waals surface area contributed by atoms with Crippen LogP contribution in [0.3, 0.4) is 0 Å². The SMILES string of the molecule is CC(C)(C)OC(=O)C[C@@H]1CCCCC/C=C\[C@@H]2C[C@@]2(C(=O)O)NC(=O)[C@@H]2[C@H]3CN(C(=O)c4cc(-c5ccccc5)ccc4F)C[C@H]3CN2C1=O. The molecular formula is C39H46FN3O7. The highest BCUT2D eigenvalue weighted by molar-refractivity contribution is 5.98. The van der Waals surface area contributed by atoms with Gasteiger partial charge in [0.15, 0.2) is 0 Å². The second-order valence-electron chi connectivity index (χ2n) is 15.3. The number of hydrogen-bond donors (Lipinski definition) is 2. The number of fused-ring (bicyclic) bond motifs is 4. The topological polar surface area (TPSA) is 133 Å². The second-order valence-corrected chi connectivity index (χ2v) is 15.3. The Morgan fingerprint density at radius 2 is 1.76 bits per heavy atom. The molecule has 50 heavy (non-hydrogen) atoms. The van der Waals surface area contributed by atoms with Crippen LogP contribution in [0.15, 0.2) is 60.7 Å². The molecule has 6 rings (SSSR count). The fourth-order valence-electron chi connectivity index (χ4n) is 7.92. The summed E-state index contributed by atoms with van der Waals surface area (Å²) in [7, 11) is 0. The highest BCUT2D eigenvalue weighted by Gasteiger charge is 2.62. The van der Waals surface area contributed by atoms with Gasteiger partial charge in [0.05, 0.1) is 12.0 Å². The quantitative estimate of drug-likeness (QED) is 0.325. The van der Waals surface area contributed by atoms with Crippen molar-refractivity contribution >= 4 is 29.7 Å². The van der Waals surface area contributed by atoms with Crippen molar-refractivity contribution in [3.63, 3.8) is 0 Å². The number of halogens is 1. The lowest BCUT2D eigenvalue weighted by Gasteiger charge is -2.32. The van der Waals surface area contributed by atoms with E-state index in [1.54, 1.807) is 26.8 Å². The molecule has 3 heterocycles. The number of likely N-dealkylation sites (tertiary alicyclic amines) is 1. The second kappa shape index (κ2) is 14.0. The minimum Gasteiger partial charge on any atom is -0.479 e. The molecule has 2 aromatic carbocycles. The van der Waals surface area contributed by atoms with Crippen molar-refractivity contribution in [1.82, 2.24) is 15.1 Å². The number of allylic oxidation sites excluding steroid dienone is 1. The summed E-state index contributed by atoms with van der Waals surface area (Å²) in [5.74, 6) is -5.69. The van der Waals surface area contributed by atoms with Crippen molar-refractivity contribution in [2.24, 2.45) is 23.7 Å². The van der Waals surface area contributed by atoms with Gasteiger partial charge in [0, 0.05) is 43.3 Å². The highest BCUT2D eigenvalue weighted by atomic mass is 19.1. The number of rotatable bonds is 5. The number of nitrogens with one attached hydrogen (secondary N) is 1. The van der Waals surface area contributed by atoms with Gasteiger partial charge in [0.1, 0.15) is 23.0 Å². The van der Waals surface area contributed by atoms with E-state index in [4.69, 9.17) is 4.74 Å². The third kappa shape index (κ3) is 7.32. The summed E-state index contributed by atoms with van der Waals surface area (Å²) in [4.78, 5) is 71.0. The molecule has 4 aliphatic rings. The van der Waals surface area contributed by atoms with E-state index in [1.165, 1.54) is 21.9 Å². The first kappa shape index (κ1) is 35.3. The summed E-state index contributed by atoms with van der Waals surface area (Å²) in [5.41, 5.74) is -0.772. The zero-order valence-electron chi connectivity index (χ0n) is 28.9. The number of hydrogen-bond acceptors (Lipinski definition) is 6. The smallest absolute Gasteiger partial charge is 0.330 e. The molecule has 0 aromatic heterocycles. The summed E-state index contributed by atoms with van der Waals surface area (Å²) in [6.07, 6.45) is 7.44. The van der Waals surface area contributed by atoms with Gasteiger partial charge in [-0.3, -0.25) is 19.2 Å². The molecule has 0 radical (unpaired) electrons. The summed E-state index contributed by atoms with van der Waals surface area (Å²) in [6.45, 7) is 5.71.